The molecular formula is C9H18N4O. The topological polar surface area (TPSA) is 82.2 Å². The predicted octanol–water partition coefficient (Wildman–Crippen LogP) is -0.0111. The molecule has 1 amide bonds. The first-order chi connectivity index (χ1) is 6.54. The third kappa shape index (κ3) is 3.73. The molecule has 0 bridgehead atoms. The first-order valence-corrected chi connectivity index (χ1v) is 4.67. The van der Waals surface area contributed by atoms with Gasteiger partial charge in [-0.15, -0.1) is 0 Å². The number of hydrogen-bond donors (Lipinski definition) is 2. The van der Waals surface area contributed by atoms with E-state index in [1.54, 1.807) is 6.92 Å². The highest BCUT2D eigenvalue weighted by Crippen LogP contribution is 2.06. The van der Waals surface area contributed by atoms with Crippen LogP contribution >= 0.6 is 0 Å². The van der Waals surface area contributed by atoms with Gasteiger partial charge in [-0.1, -0.05) is 0 Å². The minimum atomic E-state index is -0.298. The molecule has 0 aliphatic carbocycles. The Labute approximate surface area is 84.8 Å². The maximum atomic E-state index is 11.3. The Morgan fingerprint density at radius 1 is 1.57 bits per heavy atom. The summed E-state index contributed by atoms with van der Waals surface area (Å²) < 4.78 is 0. The van der Waals surface area contributed by atoms with Crippen LogP contribution in [0, 0.1) is 11.3 Å². The number of hydrazine groups is 1. The van der Waals surface area contributed by atoms with Crippen molar-refractivity contribution in [3.05, 3.63) is 0 Å². The average Bonchev–Trinajstić information content (AvgIpc) is 2.16. The molecule has 0 radical (unpaired) electrons. The van der Waals surface area contributed by atoms with Crippen LogP contribution in [0.3, 0.4) is 0 Å². The lowest BCUT2D eigenvalue weighted by atomic mass is 10.2. The minimum absolute atomic E-state index is 0.218. The van der Waals surface area contributed by atoms with Crippen LogP contribution in [0.1, 0.15) is 27.2 Å². The summed E-state index contributed by atoms with van der Waals surface area (Å²) in [6, 6.07) is 1.98. The molecular weight excluding hydrogens is 180 g/mol. The van der Waals surface area contributed by atoms with Crippen molar-refractivity contribution in [3.8, 4) is 6.07 Å². The molecule has 0 heterocycles. The van der Waals surface area contributed by atoms with E-state index >= 15 is 0 Å². The van der Waals surface area contributed by atoms with E-state index in [-0.39, 0.29) is 18.0 Å². The lowest BCUT2D eigenvalue weighted by molar-refractivity contribution is -0.126. The van der Waals surface area contributed by atoms with Crippen molar-refractivity contribution in [2.24, 2.45) is 5.84 Å². The van der Waals surface area contributed by atoms with Crippen molar-refractivity contribution in [2.45, 2.75) is 39.3 Å². The van der Waals surface area contributed by atoms with Crippen LogP contribution in [0.15, 0.2) is 0 Å². The summed E-state index contributed by atoms with van der Waals surface area (Å²) >= 11 is 0. The van der Waals surface area contributed by atoms with Gasteiger partial charge in [-0.2, -0.15) is 5.26 Å². The van der Waals surface area contributed by atoms with Crippen LogP contribution in [0.2, 0.25) is 0 Å². The van der Waals surface area contributed by atoms with E-state index in [0.29, 0.717) is 13.0 Å². The second-order valence-corrected chi connectivity index (χ2v) is 3.42. The minimum Gasteiger partial charge on any atom is -0.293 e. The normalized spacial score (nSPS) is 12.6. The van der Waals surface area contributed by atoms with E-state index in [4.69, 9.17) is 11.1 Å². The van der Waals surface area contributed by atoms with Gasteiger partial charge in [0.2, 0.25) is 0 Å². The number of amides is 1. The van der Waals surface area contributed by atoms with Gasteiger partial charge in [0.1, 0.15) is 0 Å². The van der Waals surface area contributed by atoms with Gasteiger partial charge < -0.3 is 0 Å². The van der Waals surface area contributed by atoms with Gasteiger partial charge >= 0.3 is 0 Å². The van der Waals surface area contributed by atoms with Gasteiger partial charge in [0.05, 0.1) is 12.1 Å². The van der Waals surface area contributed by atoms with Gasteiger partial charge in [-0.05, 0) is 20.8 Å². The number of nitrogens with zero attached hydrogens (tertiary/aromatic N) is 2. The van der Waals surface area contributed by atoms with E-state index in [0.717, 1.165) is 0 Å². The maximum Gasteiger partial charge on any atom is 0.250 e. The highest BCUT2D eigenvalue weighted by Gasteiger charge is 2.22. The number of carbonyl (C=O) groups is 1. The molecule has 0 aromatic carbocycles. The van der Waals surface area contributed by atoms with Gasteiger partial charge in [0.25, 0.3) is 5.91 Å². The van der Waals surface area contributed by atoms with E-state index in [1.165, 1.54) is 0 Å². The van der Waals surface area contributed by atoms with Crippen LogP contribution in [-0.4, -0.2) is 29.4 Å². The van der Waals surface area contributed by atoms with Gasteiger partial charge in [-0.3, -0.25) is 15.1 Å². The molecule has 0 aromatic rings. The summed E-state index contributed by atoms with van der Waals surface area (Å²) in [5.74, 6) is 4.82. The highest BCUT2D eigenvalue weighted by molar-refractivity contribution is 5.80. The summed E-state index contributed by atoms with van der Waals surface area (Å²) in [5.41, 5.74) is 2.11. The van der Waals surface area contributed by atoms with Gasteiger partial charge in [0.15, 0.2) is 0 Å². The number of carbonyl (C=O) groups excluding carboxylic acids is 1. The molecule has 80 valence electrons. The molecule has 3 N–H and O–H groups in total. The Hall–Kier alpha value is -1.12. The number of nitrogens with one attached hydrogen (secondary N) is 1. The van der Waals surface area contributed by atoms with Crippen molar-refractivity contribution in [2.75, 3.05) is 6.54 Å². The molecule has 0 aromatic heterocycles. The van der Waals surface area contributed by atoms with Crippen molar-refractivity contribution in [1.29, 1.82) is 5.26 Å². The zero-order valence-electron chi connectivity index (χ0n) is 8.95. The third-order valence-corrected chi connectivity index (χ3v) is 2.16. The fraction of sp³-hybridized carbons (Fsp3) is 0.778. The molecule has 0 saturated heterocycles. The van der Waals surface area contributed by atoms with Crippen LogP contribution < -0.4 is 11.3 Å². The van der Waals surface area contributed by atoms with E-state index in [2.05, 4.69) is 11.5 Å². The van der Waals surface area contributed by atoms with E-state index in [9.17, 15) is 4.79 Å². The van der Waals surface area contributed by atoms with Gasteiger partial charge in [0, 0.05) is 19.0 Å². The molecule has 14 heavy (non-hydrogen) atoms. The first kappa shape index (κ1) is 12.9. The average molecular weight is 198 g/mol. The molecule has 5 nitrogen and oxygen atoms in total. The fourth-order valence-corrected chi connectivity index (χ4v) is 1.35. The Balaban J connectivity index is 4.34. The first-order valence-electron chi connectivity index (χ1n) is 4.67. The molecule has 0 aliphatic rings. The van der Waals surface area contributed by atoms with E-state index in [1.807, 2.05) is 18.7 Å². The molecule has 5 heteroatoms. The molecule has 0 fully saturated rings. The van der Waals surface area contributed by atoms with Crippen molar-refractivity contribution in [1.82, 2.24) is 10.3 Å². The second-order valence-electron chi connectivity index (χ2n) is 3.42. The summed E-state index contributed by atoms with van der Waals surface area (Å²) in [4.78, 5) is 13.2. The van der Waals surface area contributed by atoms with Gasteiger partial charge in [-0.25, -0.2) is 5.84 Å². The highest BCUT2D eigenvalue weighted by atomic mass is 16.2. The number of rotatable bonds is 5. The third-order valence-electron chi connectivity index (χ3n) is 2.16. The molecule has 0 spiro atoms. The SMILES string of the molecule is CC(C)N(CCC#N)C(C)C(=O)NN. The monoisotopic (exact) mass is 198 g/mol. The largest absolute Gasteiger partial charge is 0.293 e. The molecule has 1 atom stereocenters. The summed E-state index contributed by atoms with van der Waals surface area (Å²) in [5, 5.41) is 8.47. The lowest BCUT2D eigenvalue weighted by Gasteiger charge is -2.30. The van der Waals surface area contributed by atoms with Crippen molar-refractivity contribution in [3.63, 3.8) is 0 Å². The number of nitrogens with two attached hydrogens (primary N) is 1. The quantitative estimate of drug-likeness (QED) is 0.370. The Morgan fingerprint density at radius 3 is 2.50 bits per heavy atom. The van der Waals surface area contributed by atoms with Crippen molar-refractivity contribution >= 4 is 5.91 Å². The zero-order valence-corrected chi connectivity index (χ0v) is 8.95. The Kier molecular flexibility index (Phi) is 5.84. The lowest BCUT2D eigenvalue weighted by Crippen LogP contribution is -2.50. The molecule has 1 unspecified atom stereocenters. The summed E-state index contributed by atoms with van der Waals surface area (Å²) in [7, 11) is 0. The Bertz CT molecular complexity index is 221. The molecule has 0 aliphatic heterocycles. The second kappa shape index (κ2) is 6.35. The van der Waals surface area contributed by atoms with Crippen LogP contribution in [0.5, 0.6) is 0 Å². The number of nitriles is 1. The van der Waals surface area contributed by atoms with Crippen LogP contribution in [0.4, 0.5) is 0 Å². The summed E-state index contributed by atoms with van der Waals surface area (Å²) in [6.07, 6.45) is 0.417. The van der Waals surface area contributed by atoms with Crippen LogP contribution in [0.25, 0.3) is 0 Å². The van der Waals surface area contributed by atoms with Crippen LogP contribution in [-0.2, 0) is 4.79 Å². The standard InChI is InChI=1S/C9H18N4O/c1-7(2)13(6-4-5-10)8(3)9(14)12-11/h7-8H,4,6,11H2,1-3H3,(H,12,14). The predicted molar refractivity (Wildman–Crippen MR) is 53.9 cm³/mol. The molecule has 0 saturated carbocycles. The fourth-order valence-electron chi connectivity index (χ4n) is 1.35. The van der Waals surface area contributed by atoms with E-state index < -0.39 is 0 Å². The van der Waals surface area contributed by atoms with Crippen molar-refractivity contribution < 1.29 is 4.79 Å². The summed E-state index contributed by atoms with van der Waals surface area (Å²) in [6.45, 7) is 6.33. The molecule has 0 rings (SSSR count). The number of hydrogen-bond acceptors (Lipinski definition) is 4. The Morgan fingerprint density at radius 2 is 2.14 bits per heavy atom. The maximum absolute atomic E-state index is 11.3. The smallest absolute Gasteiger partial charge is 0.250 e. The zero-order chi connectivity index (χ0) is 11.1.